The van der Waals surface area contributed by atoms with Gasteiger partial charge in [0.15, 0.2) is 0 Å². The van der Waals surface area contributed by atoms with Gasteiger partial charge in [0.1, 0.15) is 5.75 Å². The van der Waals surface area contributed by atoms with Gasteiger partial charge in [-0.3, -0.25) is 0 Å². The van der Waals surface area contributed by atoms with E-state index in [1.807, 2.05) is 39.1 Å². The molecule has 5 nitrogen and oxygen atoms in total. The van der Waals surface area contributed by atoms with Crippen molar-refractivity contribution in [3.63, 3.8) is 0 Å². The maximum atomic E-state index is 5.22. The summed E-state index contributed by atoms with van der Waals surface area (Å²) < 4.78 is 10.4. The molecule has 2 aromatic rings. The van der Waals surface area contributed by atoms with Gasteiger partial charge in [-0.2, -0.15) is 4.98 Å². The van der Waals surface area contributed by atoms with E-state index in [2.05, 4.69) is 15.5 Å². The fourth-order valence-corrected chi connectivity index (χ4v) is 1.67. The maximum absolute atomic E-state index is 5.22. The molecule has 0 bridgehead atoms. The molecule has 0 saturated carbocycles. The van der Waals surface area contributed by atoms with Gasteiger partial charge in [0.25, 0.3) is 0 Å². The molecular formula is C13H17N3O2. The molecule has 2 rings (SSSR count). The van der Waals surface area contributed by atoms with Crippen molar-refractivity contribution in [2.45, 2.75) is 19.9 Å². The highest BCUT2D eigenvalue weighted by Crippen LogP contribution is 2.24. The van der Waals surface area contributed by atoms with Crippen molar-refractivity contribution in [1.29, 1.82) is 0 Å². The zero-order valence-electron chi connectivity index (χ0n) is 11.0. The lowest BCUT2D eigenvalue weighted by atomic mass is 10.1. The minimum absolute atomic E-state index is 0.0468. The van der Waals surface area contributed by atoms with Gasteiger partial charge in [-0.25, -0.2) is 0 Å². The number of rotatable bonds is 4. The maximum Gasteiger partial charge on any atom is 0.243 e. The van der Waals surface area contributed by atoms with Crippen LogP contribution >= 0.6 is 0 Å². The Morgan fingerprint density at radius 2 is 2.17 bits per heavy atom. The molecule has 0 amide bonds. The van der Waals surface area contributed by atoms with Crippen molar-refractivity contribution in [3.8, 4) is 17.1 Å². The predicted octanol–water partition coefficient (Wildman–Crippen LogP) is 2.33. The molecule has 1 atom stereocenters. The summed E-state index contributed by atoms with van der Waals surface area (Å²) in [4.78, 5) is 4.37. The summed E-state index contributed by atoms with van der Waals surface area (Å²) >= 11 is 0. The first-order chi connectivity index (χ1) is 8.65. The Hall–Kier alpha value is -1.88. The molecule has 0 aliphatic heterocycles. The van der Waals surface area contributed by atoms with Gasteiger partial charge >= 0.3 is 0 Å². The number of aromatic nitrogens is 2. The average molecular weight is 247 g/mol. The zero-order valence-corrected chi connectivity index (χ0v) is 11.0. The first-order valence-electron chi connectivity index (χ1n) is 5.81. The van der Waals surface area contributed by atoms with Crippen LogP contribution in [-0.2, 0) is 0 Å². The number of nitrogens with zero attached hydrogens (tertiary/aromatic N) is 2. The Kier molecular flexibility index (Phi) is 3.62. The van der Waals surface area contributed by atoms with E-state index in [4.69, 9.17) is 9.26 Å². The lowest BCUT2D eigenvalue weighted by molar-refractivity contribution is 0.347. The molecule has 0 fully saturated rings. The van der Waals surface area contributed by atoms with Gasteiger partial charge in [-0.15, -0.1) is 0 Å². The van der Waals surface area contributed by atoms with Crippen LogP contribution in [0.2, 0.25) is 0 Å². The average Bonchev–Trinajstić information content (AvgIpc) is 2.87. The van der Waals surface area contributed by atoms with Crippen LogP contribution in [0.25, 0.3) is 11.4 Å². The molecular weight excluding hydrogens is 230 g/mol. The number of aryl methyl sites for hydroxylation is 1. The molecule has 5 heteroatoms. The molecule has 96 valence electrons. The zero-order chi connectivity index (χ0) is 13.1. The Bertz CT molecular complexity index is 537. The third kappa shape index (κ3) is 2.36. The normalized spacial score (nSPS) is 12.4. The molecule has 0 spiro atoms. The van der Waals surface area contributed by atoms with Gasteiger partial charge in [0, 0.05) is 5.56 Å². The number of methoxy groups -OCH3 is 1. The van der Waals surface area contributed by atoms with Crippen LogP contribution in [0, 0.1) is 6.92 Å². The Morgan fingerprint density at radius 3 is 2.78 bits per heavy atom. The third-order valence-electron chi connectivity index (χ3n) is 2.90. The molecule has 1 aromatic heterocycles. The number of hydrogen-bond acceptors (Lipinski definition) is 5. The minimum Gasteiger partial charge on any atom is -0.496 e. The Labute approximate surface area is 106 Å². The summed E-state index contributed by atoms with van der Waals surface area (Å²) in [6.07, 6.45) is 0. The monoisotopic (exact) mass is 247 g/mol. The molecule has 0 aliphatic carbocycles. The highest BCUT2D eigenvalue weighted by atomic mass is 16.5. The minimum atomic E-state index is 0.0468. The largest absolute Gasteiger partial charge is 0.496 e. The summed E-state index contributed by atoms with van der Waals surface area (Å²) in [6, 6.07) is 5.86. The number of benzene rings is 1. The van der Waals surface area contributed by atoms with Crippen molar-refractivity contribution < 1.29 is 9.26 Å². The highest BCUT2D eigenvalue weighted by molar-refractivity contribution is 5.58. The fraction of sp³-hybridized carbons (Fsp3) is 0.385. The van der Waals surface area contributed by atoms with Crippen LogP contribution < -0.4 is 10.1 Å². The Balaban J connectivity index is 2.31. The second kappa shape index (κ2) is 5.18. The van der Waals surface area contributed by atoms with Crippen LogP contribution in [0.15, 0.2) is 22.7 Å². The van der Waals surface area contributed by atoms with E-state index < -0.39 is 0 Å². The summed E-state index contributed by atoms with van der Waals surface area (Å²) in [5.41, 5.74) is 1.97. The first kappa shape index (κ1) is 12.6. The molecule has 0 radical (unpaired) electrons. The van der Waals surface area contributed by atoms with Gasteiger partial charge in [0.05, 0.1) is 13.2 Å². The topological polar surface area (TPSA) is 60.2 Å². The van der Waals surface area contributed by atoms with Gasteiger partial charge < -0.3 is 14.6 Å². The highest BCUT2D eigenvalue weighted by Gasteiger charge is 2.14. The summed E-state index contributed by atoms with van der Waals surface area (Å²) in [7, 11) is 3.51. The van der Waals surface area contributed by atoms with E-state index in [1.54, 1.807) is 7.11 Å². The molecule has 1 aromatic carbocycles. The van der Waals surface area contributed by atoms with Crippen LogP contribution in [0.3, 0.4) is 0 Å². The molecule has 18 heavy (non-hydrogen) atoms. The lowest BCUT2D eigenvalue weighted by Gasteiger charge is -2.04. The predicted molar refractivity (Wildman–Crippen MR) is 68.5 cm³/mol. The lowest BCUT2D eigenvalue weighted by Crippen LogP contribution is -2.12. The van der Waals surface area contributed by atoms with E-state index in [-0.39, 0.29) is 6.04 Å². The van der Waals surface area contributed by atoms with Crippen LogP contribution in [0.4, 0.5) is 0 Å². The SMILES string of the molecule is CNC(C)c1nc(-c2ccc(OC)c(C)c2)no1. The van der Waals surface area contributed by atoms with Crippen LogP contribution in [-0.4, -0.2) is 24.3 Å². The Morgan fingerprint density at radius 1 is 1.39 bits per heavy atom. The molecule has 0 saturated heterocycles. The standard InChI is InChI=1S/C13H17N3O2/c1-8-7-10(5-6-11(8)17-4)12-15-13(18-16-12)9(2)14-3/h5-7,9,14H,1-4H3. The van der Waals surface area contributed by atoms with Crippen molar-refractivity contribution >= 4 is 0 Å². The van der Waals surface area contributed by atoms with E-state index in [1.165, 1.54) is 0 Å². The summed E-state index contributed by atoms with van der Waals surface area (Å²) in [6.45, 7) is 3.95. The van der Waals surface area contributed by atoms with Crippen molar-refractivity contribution in [3.05, 3.63) is 29.7 Å². The van der Waals surface area contributed by atoms with Gasteiger partial charge in [0.2, 0.25) is 11.7 Å². The van der Waals surface area contributed by atoms with Gasteiger partial charge in [-0.05, 0) is 44.7 Å². The fourth-order valence-electron chi connectivity index (χ4n) is 1.67. The van der Waals surface area contributed by atoms with Crippen molar-refractivity contribution in [1.82, 2.24) is 15.5 Å². The summed E-state index contributed by atoms with van der Waals surface area (Å²) in [5.74, 6) is 2.03. The first-order valence-corrected chi connectivity index (χ1v) is 5.81. The molecule has 1 heterocycles. The molecule has 1 N–H and O–H groups in total. The van der Waals surface area contributed by atoms with Crippen LogP contribution in [0.5, 0.6) is 5.75 Å². The van der Waals surface area contributed by atoms with Crippen molar-refractivity contribution in [2.24, 2.45) is 0 Å². The molecule has 1 unspecified atom stereocenters. The quantitative estimate of drug-likeness (QED) is 0.898. The van der Waals surface area contributed by atoms with Crippen molar-refractivity contribution in [2.75, 3.05) is 14.2 Å². The van der Waals surface area contributed by atoms with Crippen LogP contribution in [0.1, 0.15) is 24.4 Å². The van der Waals surface area contributed by atoms with E-state index in [0.29, 0.717) is 11.7 Å². The van der Waals surface area contributed by atoms with Gasteiger partial charge in [-0.1, -0.05) is 5.16 Å². The number of ether oxygens (including phenoxy) is 1. The number of nitrogens with one attached hydrogen (secondary N) is 1. The van der Waals surface area contributed by atoms with E-state index >= 15 is 0 Å². The van der Waals surface area contributed by atoms with E-state index in [0.717, 1.165) is 16.9 Å². The molecule has 0 aliphatic rings. The van der Waals surface area contributed by atoms with E-state index in [9.17, 15) is 0 Å². The smallest absolute Gasteiger partial charge is 0.243 e. The second-order valence-corrected chi connectivity index (χ2v) is 4.15. The number of hydrogen-bond donors (Lipinski definition) is 1. The second-order valence-electron chi connectivity index (χ2n) is 4.15. The summed E-state index contributed by atoms with van der Waals surface area (Å²) in [5, 5.41) is 7.04. The third-order valence-corrected chi connectivity index (χ3v) is 2.90.